The summed E-state index contributed by atoms with van der Waals surface area (Å²) in [7, 11) is 0. The Bertz CT molecular complexity index is 1240. The molecule has 0 radical (unpaired) electrons. The van der Waals surface area contributed by atoms with Crippen LogP contribution in [0.15, 0.2) is 66.7 Å². The monoisotopic (exact) mass is 441 g/mol. The Kier molecular flexibility index (Phi) is 7.21. The van der Waals surface area contributed by atoms with Crippen LogP contribution >= 0.6 is 0 Å². The molecule has 3 aromatic rings. The van der Waals surface area contributed by atoms with Gasteiger partial charge < -0.3 is 15.7 Å². The Balaban J connectivity index is 1.89. The average Bonchev–Trinajstić information content (AvgIpc) is 2.80. The van der Waals surface area contributed by atoms with Crippen LogP contribution in [-0.2, 0) is 11.2 Å². The number of carbonyl (C=O) groups excluding carboxylic acids is 2. The highest BCUT2D eigenvalue weighted by atomic mass is 16.4. The third-order valence-corrected chi connectivity index (χ3v) is 5.03. The molecule has 0 spiro atoms. The van der Waals surface area contributed by atoms with Gasteiger partial charge in [0.1, 0.15) is 0 Å². The van der Waals surface area contributed by atoms with Gasteiger partial charge in [-0.1, -0.05) is 38.1 Å². The van der Waals surface area contributed by atoms with Crippen LogP contribution in [0.3, 0.4) is 0 Å². The number of nitrogens with one attached hydrogen (secondary N) is 2. The van der Waals surface area contributed by atoms with Gasteiger partial charge in [-0.25, -0.2) is 0 Å². The summed E-state index contributed by atoms with van der Waals surface area (Å²) in [6.45, 7) is 4.12. The van der Waals surface area contributed by atoms with Crippen molar-refractivity contribution in [1.29, 1.82) is 5.26 Å². The predicted molar refractivity (Wildman–Crippen MR) is 125 cm³/mol. The molecule has 0 aliphatic rings. The van der Waals surface area contributed by atoms with Crippen molar-refractivity contribution in [2.75, 3.05) is 10.6 Å². The first kappa shape index (κ1) is 23.2. The number of benzene rings is 3. The van der Waals surface area contributed by atoms with Gasteiger partial charge >= 0.3 is 5.97 Å². The van der Waals surface area contributed by atoms with E-state index in [4.69, 9.17) is 10.4 Å². The van der Waals surface area contributed by atoms with Gasteiger partial charge in [-0.05, 0) is 59.5 Å². The molecule has 0 unspecified atom stereocenters. The molecule has 7 nitrogen and oxygen atoms in total. The van der Waals surface area contributed by atoms with Crippen LogP contribution in [0.25, 0.3) is 0 Å². The normalized spacial score (nSPS) is 10.4. The zero-order valence-corrected chi connectivity index (χ0v) is 18.3. The number of carboxylic acid groups (broad SMARTS) is 1. The fraction of sp³-hybridized carbons (Fsp3) is 0.154. The lowest BCUT2D eigenvalue weighted by molar-refractivity contribution is -0.136. The average molecular weight is 441 g/mol. The molecule has 0 aliphatic heterocycles. The lowest BCUT2D eigenvalue weighted by Crippen LogP contribution is -2.17. The summed E-state index contributed by atoms with van der Waals surface area (Å²) in [5, 5.41) is 23.7. The Hall–Kier alpha value is -4.44. The maximum atomic E-state index is 12.8. The zero-order valence-electron chi connectivity index (χ0n) is 18.3. The quantitative estimate of drug-likeness (QED) is 0.486. The van der Waals surface area contributed by atoms with Crippen molar-refractivity contribution in [3.05, 3.63) is 94.5 Å². The number of nitriles is 1. The molecule has 0 fully saturated rings. The van der Waals surface area contributed by atoms with Crippen LogP contribution < -0.4 is 10.6 Å². The molecule has 0 heterocycles. The van der Waals surface area contributed by atoms with Crippen molar-refractivity contribution in [2.24, 2.45) is 0 Å². The predicted octanol–water partition coefficient (Wildman–Crippen LogP) is 4.81. The molecule has 0 saturated carbocycles. The van der Waals surface area contributed by atoms with Crippen molar-refractivity contribution < 1.29 is 19.5 Å². The van der Waals surface area contributed by atoms with Gasteiger partial charge in [0.25, 0.3) is 11.8 Å². The van der Waals surface area contributed by atoms with E-state index in [0.717, 1.165) is 5.56 Å². The molecule has 3 aromatic carbocycles. The van der Waals surface area contributed by atoms with Crippen LogP contribution in [-0.4, -0.2) is 22.9 Å². The van der Waals surface area contributed by atoms with E-state index in [-0.39, 0.29) is 23.6 Å². The van der Waals surface area contributed by atoms with Crippen LogP contribution in [0, 0.1) is 11.3 Å². The van der Waals surface area contributed by atoms with Crippen LogP contribution in [0.1, 0.15) is 57.2 Å². The second-order valence-corrected chi connectivity index (χ2v) is 7.83. The highest BCUT2D eigenvalue weighted by molar-refractivity contribution is 6.10. The first-order chi connectivity index (χ1) is 15.8. The van der Waals surface area contributed by atoms with E-state index in [2.05, 4.69) is 24.5 Å². The third kappa shape index (κ3) is 6.05. The van der Waals surface area contributed by atoms with Crippen molar-refractivity contribution >= 4 is 29.2 Å². The highest BCUT2D eigenvalue weighted by Crippen LogP contribution is 2.26. The molecule has 0 saturated heterocycles. The Morgan fingerprint density at radius 2 is 1.55 bits per heavy atom. The van der Waals surface area contributed by atoms with E-state index in [9.17, 15) is 14.4 Å². The van der Waals surface area contributed by atoms with Crippen LogP contribution in [0.4, 0.5) is 11.4 Å². The summed E-state index contributed by atoms with van der Waals surface area (Å²) in [5.74, 6) is -1.53. The van der Waals surface area contributed by atoms with Gasteiger partial charge in [0.15, 0.2) is 0 Å². The van der Waals surface area contributed by atoms with E-state index in [1.807, 2.05) is 18.2 Å². The molecular formula is C26H23N3O4. The zero-order chi connectivity index (χ0) is 24.0. The van der Waals surface area contributed by atoms with Crippen molar-refractivity contribution in [1.82, 2.24) is 0 Å². The van der Waals surface area contributed by atoms with E-state index in [0.29, 0.717) is 28.3 Å². The first-order valence-corrected chi connectivity index (χ1v) is 10.3. The second kappa shape index (κ2) is 10.2. The van der Waals surface area contributed by atoms with Crippen molar-refractivity contribution in [3.63, 3.8) is 0 Å². The van der Waals surface area contributed by atoms with Gasteiger partial charge in [0.2, 0.25) is 0 Å². The summed E-state index contributed by atoms with van der Waals surface area (Å²) in [4.78, 5) is 36.7. The van der Waals surface area contributed by atoms with E-state index >= 15 is 0 Å². The van der Waals surface area contributed by atoms with E-state index in [1.165, 1.54) is 12.1 Å². The molecule has 166 valence electrons. The molecule has 33 heavy (non-hydrogen) atoms. The summed E-state index contributed by atoms with van der Waals surface area (Å²) in [5.41, 5.74) is 3.21. The number of carbonyl (C=O) groups is 3. The minimum atomic E-state index is -1.01. The molecule has 0 aliphatic carbocycles. The van der Waals surface area contributed by atoms with Gasteiger partial charge in [-0.15, -0.1) is 0 Å². The summed E-state index contributed by atoms with van der Waals surface area (Å²) in [6, 6.07) is 20.1. The number of nitrogens with zero attached hydrogens (tertiary/aromatic N) is 1. The standard InChI is InChI=1S/C26H23N3O4/c1-16(2)19-7-9-20(10-8-19)25(32)29-23-13-17(14-24(30)31)6-11-22(23)28-26(33)21-5-3-4-18(12-21)15-27/h3-13,16H,14H2,1-2H3,(H,28,33)(H,29,32)(H,30,31). The van der Waals surface area contributed by atoms with Gasteiger partial charge in [-0.2, -0.15) is 5.26 Å². The molecule has 2 amide bonds. The van der Waals surface area contributed by atoms with Crippen molar-refractivity contribution in [2.45, 2.75) is 26.2 Å². The first-order valence-electron chi connectivity index (χ1n) is 10.3. The smallest absolute Gasteiger partial charge is 0.307 e. The number of rotatable bonds is 7. The number of amides is 2. The fourth-order valence-corrected chi connectivity index (χ4v) is 3.23. The fourth-order valence-electron chi connectivity index (χ4n) is 3.23. The Labute approximate surface area is 191 Å². The Morgan fingerprint density at radius 3 is 2.18 bits per heavy atom. The summed E-state index contributed by atoms with van der Waals surface area (Å²) >= 11 is 0. The van der Waals surface area contributed by atoms with Crippen molar-refractivity contribution in [3.8, 4) is 6.07 Å². The lowest BCUT2D eigenvalue weighted by atomic mass is 10.0. The molecule has 7 heteroatoms. The molecule has 0 aromatic heterocycles. The number of anilines is 2. The van der Waals surface area contributed by atoms with Crippen LogP contribution in [0.2, 0.25) is 0 Å². The second-order valence-electron chi connectivity index (χ2n) is 7.83. The highest BCUT2D eigenvalue weighted by Gasteiger charge is 2.15. The number of hydrogen-bond donors (Lipinski definition) is 3. The topological polar surface area (TPSA) is 119 Å². The lowest BCUT2D eigenvalue weighted by Gasteiger charge is -2.14. The van der Waals surface area contributed by atoms with E-state index in [1.54, 1.807) is 42.5 Å². The SMILES string of the molecule is CC(C)c1ccc(C(=O)Nc2cc(CC(=O)O)ccc2NC(=O)c2cccc(C#N)c2)cc1. The Morgan fingerprint density at radius 1 is 0.879 bits per heavy atom. The third-order valence-electron chi connectivity index (χ3n) is 5.03. The summed E-state index contributed by atoms with van der Waals surface area (Å²) in [6.07, 6.45) is -0.232. The number of hydrogen-bond acceptors (Lipinski definition) is 4. The maximum absolute atomic E-state index is 12.8. The van der Waals surface area contributed by atoms with Gasteiger partial charge in [-0.3, -0.25) is 14.4 Å². The van der Waals surface area contributed by atoms with E-state index < -0.39 is 11.9 Å². The minimum Gasteiger partial charge on any atom is -0.481 e. The van der Waals surface area contributed by atoms with Crippen LogP contribution in [0.5, 0.6) is 0 Å². The maximum Gasteiger partial charge on any atom is 0.307 e. The molecule has 0 bridgehead atoms. The molecule has 0 atom stereocenters. The van der Waals surface area contributed by atoms with Gasteiger partial charge in [0, 0.05) is 11.1 Å². The summed E-state index contributed by atoms with van der Waals surface area (Å²) < 4.78 is 0. The largest absolute Gasteiger partial charge is 0.481 e. The van der Waals surface area contributed by atoms with Gasteiger partial charge in [0.05, 0.1) is 29.4 Å². The minimum absolute atomic E-state index is 0.232. The molecule has 3 rings (SSSR count). The molecule has 3 N–H and O–H groups in total. The number of aliphatic carboxylic acids is 1. The number of carboxylic acids is 1. The molecular weight excluding hydrogens is 418 g/mol.